The summed E-state index contributed by atoms with van der Waals surface area (Å²) in [6.07, 6.45) is 1.43. The Morgan fingerprint density at radius 1 is 0.857 bits per heavy atom. The van der Waals surface area contributed by atoms with Gasteiger partial charge in [0.15, 0.2) is 23.0 Å². The van der Waals surface area contributed by atoms with Gasteiger partial charge in [-0.3, -0.25) is 9.59 Å². The average molecular weight is 586 g/mol. The number of halogens is 1. The van der Waals surface area contributed by atoms with Gasteiger partial charge in [-0.15, -0.1) is 0 Å². The Balaban J connectivity index is 1.21. The Morgan fingerprint density at radius 3 is 2.45 bits per heavy atom. The number of esters is 1. The zero-order valence-electron chi connectivity index (χ0n) is 22.3. The van der Waals surface area contributed by atoms with Crippen molar-refractivity contribution in [2.45, 2.75) is 6.92 Å². The van der Waals surface area contributed by atoms with Crippen LogP contribution in [0.1, 0.15) is 43.6 Å². The van der Waals surface area contributed by atoms with Crippen LogP contribution in [-0.2, 0) is 0 Å². The fraction of sp³-hybridized carbons (Fsp3) is 0.0968. The Hall–Kier alpha value is -5.35. The first-order valence-corrected chi connectivity index (χ1v) is 13.2. The van der Waals surface area contributed by atoms with Crippen LogP contribution in [0.3, 0.4) is 0 Å². The highest BCUT2D eigenvalue weighted by Gasteiger charge is 2.19. The van der Waals surface area contributed by atoms with Gasteiger partial charge in [-0.05, 0) is 91.3 Å². The van der Waals surface area contributed by atoms with Crippen molar-refractivity contribution in [1.29, 1.82) is 0 Å². The maximum absolute atomic E-state index is 12.7. The lowest BCUT2D eigenvalue weighted by Crippen LogP contribution is -2.18. The highest BCUT2D eigenvalue weighted by atomic mass is 35.5. The van der Waals surface area contributed by atoms with Gasteiger partial charge in [0, 0.05) is 21.8 Å². The molecule has 2 amide bonds. The van der Waals surface area contributed by atoms with Crippen LogP contribution in [0.25, 0.3) is 0 Å². The molecule has 0 aromatic heterocycles. The number of amides is 2. The molecule has 0 bridgehead atoms. The second-order valence-electron chi connectivity index (χ2n) is 8.84. The van der Waals surface area contributed by atoms with Crippen LogP contribution >= 0.6 is 11.6 Å². The first-order chi connectivity index (χ1) is 20.4. The number of hydrogen-bond donors (Lipinski definition) is 2. The molecule has 0 fully saturated rings. The summed E-state index contributed by atoms with van der Waals surface area (Å²) >= 11 is 5.88. The number of hydrazone groups is 1. The number of ether oxygens (including phenoxy) is 4. The van der Waals surface area contributed by atoms with Gasteiger partial charge in [0.1, 0.15) is 0 Å². The number of fused-ring (bicyclic) bond motifs is 1. The number of anilines is 1. The van der Waals surface area contributed by atoms with E-state index in [1.165, 1.54) is 12.3 Å². The normalized spacial score (nSPS) is 11.7. The van der Waals surface area contributed by atoms with Gasteiger partial charge in [-0.2, -0.15) is 5.10 Å². The van der Waals surface area contributed by atoms with Gasteiger partial charge in [0.05, 0.1) is 18.4 Å². The molecule has 2 N–H and O–H groups in total. The first kappa shape index (κ1) is 28.2. The van der Waals surface area contributed by atoms with Crippen molar-refractivity contribution in [2.75, 3.05) is 18.7 Å². The summed E-state index contributed by atoms with van der Waals surface area (Å²) in [4.78, 5) is 37.9. The van der Waals surface area contributed by atoms with E-state index in [9.17, 15) is 14.4 Å². The third kappa shape index (κ3) is 6.86. The van der Waals surface area contributed by atoms with Crippen molar-refractivity contribution in [3.63, 3.8) is 0 Å². The van der Waals surface area contributed by atoms with E-state index in [1.807, 2.05) is 0 Å². The van der Waals surface area contributed by atoms with E-state index in [1.54, 1.807) is 85.8 Å². The van der Waals surface area contributed by atoms with Crippen molar-refractivity contribution in [3.8, 4) is 23.0 Å². The molecule has 5 rings (SSSR count). The van der Waals surface area contributed by atoms with E-state index >= 15 is 0 Å². The minimum atomic E-state index is -0.588. The summed E-state index contributed by atoms with van der Waals surface area (Å²) in [5.74, 6) is 0.174. The number of carbonyl (C=O) groups excluding carboxylic acids is 3. The summed E-state index contributed by atoms with van der Waals surface area (Å²) in [6, 6.07) is 22.6. The molecule has 11 heteroatoms. The van der Waals surface area contributed by atoms with Gasteiger partial charge in [0.25, 0.3) is 11.8 Å². The van der Waals surface area contributed by atoms with E-state index in [4.69, 9.17) is 30.5 Å². The molecule has 1 aliphatic rings. The predicted octanol–water partition coefficient (Wildman–Crippen LogP) is 5.70. The fourth-order valence-electron chi connectivity index (χ4n) is 3.91. The van der Waals surface area contributed by atoms with Crippen LogP contribution in [0.15, 0.2) is 90.0 Å². The molecule has 0 spiro atoms. The lowest BCUT2D eigenvalue weighted by Gasteiger charge is -2.11. The number of nitrogens with zero attached hydrogens (tertiary/aromatic N) is 1. The summed E-state index contributed by atoms with van der Waals surface area (Å²) < 4.78 is 21.8. The van der Waals surface area contributed by atoms with Gasteiger partial charge < -0.3 is 24.3 Å². The SMILES string of the molecule is CCOc1cc(C=NNC(=O)c2cccc(NC(=O)c3ccc(Cl)cc3)c2)ccc1OC(=O)c1ccc2c(c1)OCO2. The molecule has 0 unspecified atom stereocenters. The molecule has 4 aromatic rings. The molecule has 0 aliphatic carbocycles. The van der Waals surface area contributed by atoms with Crippen molar-refractivity contribution in [1.82, 2.24) is 5.43 Å². The number of rotatable bonds is 9. The molecule has 4 aromatic carbocycles. The zero-order valence-corrected chi connectivity index (χ0v) is 23.0. The summed E-state index contributed by atoms with van der Waals surface area (Å²) in [6.45, 7) is 2.23. The van der Waals surface area contributed by atoms with Crippen LogP contribution in [-0.4, -0.2) is 37.4 Å². The maximum atomic E-state index is 12.7. The molecule has 212 valence electrons. The van der Waals surface area contributed by atoms with Gasteiger partial charge in [-0.1, -0.05) is 17.7 Å². The fourth-order valence-corrected chi connectivity index (χ4v) is 4.04. The second kappa shape index (κ2) is 12.9. The van der Waals surface area contributed by atoms with Crippen molar-refractivity contribution in [3.05, 3.63) is 112 Å². The smallest absolute Gasteiger partial charge is 0.343 e. The molecular weight excluding hydrogens is 562 g/mol. The second-order valence-corrected chi connectivity index (χ2v) is 9.27. The number of hydrogen-bond acceptors (Lipinski definition) is 8. The third-order valence-electron chi connectivity index (χ3n) is 5.95. The molecule has 0 atom stereocenters. The highest BCUT2D eigenvalue weighted by Crippen LogP contribution is 2.34. The van der Waals surface area contributed by atoms with Crippen LogP contribution in [0.5, 0.6) is 23.0 Å². The van der Waals surface area contributed by atoms with E-state index in [2.05, 4.69) is 15.8 Å². The number of nitrogens with one attached hydrogen (secondary N) is 2. The van der Waals surface area contributed by atoms with Crippen molar-refractivity contribution in [2.24, 2.45) is 5.10 Å². The Morgan fingerprint density at radius 2 is 1.64 bits per heavy atom. The average Bonchev–Trinajstić information content (AvgIpc) is 3.47. The van der Waals surface area contributed by atoms with Crippen LogP contribution in [0.2, 0.25) is 5.02 Å². The Kier molecular flexibility index (Phi) is 8.64. The third-order valence-corrected chi connectivity index (χ3v) is 6.20. The lowest BCUT2D eigenvalue weighted by atomic mass is 10.1. The zero-order chi connectivity index (χ0) is 29.5. The minimum absolute atomic E-state index is 0.0987. The topological polar surface area (TPSA) is 125 Å². The first-order valence-electron chi connectivity index (χ1n) is 12.8. The Labute approximate surface area is 245 Å². The highest BCUT2D eigenvalue weighted by molar-refractivity contribution is 6.30. The maximum Gasteiger partial charge on any atom is 0.343 e. The monoisotopic (exact) mass is 585 g/mol. The molecule has 10 nitrogen and oxygen atoms in total. The Bertz CT molecular complexity index is 1670. The number of benzene rings is 4. The summed E-state index contributed by atoms with van der Waals surface area (Å²) in [5.41, 5.74) is 4.51. The molecule has 1 heterocycles. The van der Waals surface area contributed by atoms with E-state index in [0.29, 0.717) is 56.8 Å². The van der Waals surface area contributed by atoms with E-state index in [0.717, 1.165) is 0 Å². The van der Waals surface area contributed by atoms with Crippen LogP contribution in [0, 0.1) is 0 Å². The van der Waals surface area contributed by atoms with Crippen LogP contribution < -0.4 is 29.7 Å². The molecule has 0 saturated carbocycles. The standard InChI is InChI=1S/C31H24ClN3O7/c1-2-39-27-14-19(6-12-26(27)42-31(38)22-9-13-25-28(16-22)41-18-40-25)17-33-35-30(37)21-4-3-5-24(15-21)34-29(36)20-7-10-23(32)11-8-20/h3-17H,2,18H2,1H3,(H,34,36)(H,35,37). The van der Waals surface area contributed by atoms with Gasteiger partial charge in [0.2, 0.25) is 6.79 Å². The lowest BCUT2D eigenvalue weighted by molar-refractivity contribution is 0.0727. The largest absolute Gasteiger partial charge is 0.490 e. The molecule has 0 radical (unpaired) electrons. The predicted molar refractivity (Wildman–Crippen MR) is 156 cm³/mol. The quantitative estimate of drug-likeness (QED) is 0.112. The molecule has 1 aliphatic heterocycles. The summed E-state index contributed by atoms with van der Waals surface area (Å²) in [7, 11) is 0. The molecular formula is C31H24ClN3O7. The van der Waals surface area contributed by atoms with Crippen LogP contribution in [0.4, 0.5) is 5.69 Å². The van der Waals surface area contributed by atoms with Gasteiger partial charge in [-0.25, -0.2) is 10.2 Å². The molecule has 0 saturated heterocycles. The van der Waals surface area contributed by atoms with E-state index in [-0.39, 0.29) is 18.4 Å². The van der Waals surface area contributed by atoms with E-state index < -0.39 is 11.9 Å². The summed E-state index contributed by atoms with van der Waals surface area (Å²) in [5, 5.41) is 7.30. The van der Waals surface area contributed by atoms with Gasteiger partial charge >= 0.3 is 5.97 Å². The van der Waals surface area contributed by atoms with Crippen molar-refractivity contribution < 1.29 is 33.3 Å². The number of carbonyl (C=O) groups is 3. The van der Waals surface area contributed by atoms with Crippen molar-refractivity contribution >= 4 is 41.3 Å². The minimum Gasteiger partial charge on any atom is -0.490 e. The molecule has 42 heavy (non-hydrogen) atoms.